The van der Waals surface area contributed by atoms with Crippen LogP contribution in [0.2, 0.25) is 0 Å². The van der Waals surface area contributed by atoms with E-state index >= 15 is 0 Å². The Kier molecular flexibility index (Phi) is 6.62. The van der Waals surface area contributed by atoms with Crippen molar-refractivity contribution in [1.29, 1.82) is 0 Å². The van der Waals surface area contributed by atoms with Gasteiger partial charge in [-0.2, -0.15) is 0 Å². The van der Waals surface area contributed by atoms with Crippen LogP contribution in [-0.2, 0) is 14.3 Å². The van der Waals surface area contributed by atoms with Gasteiger partial charge >= 0.3 is 12.1 Å². The second-order valence-electron chi connectivity index (χ2n) is 10.6. The molecule has 1 aliphatic carbocycles. The minimum atomic E-state index is -0.973. The summed E-state index contributed by atoms with van der Waals surface area (Å²) in [4.78, 5) is 39.3. The number of hydrogen-bond acceptors (Lipinski definition) is 4. The molecule has 7 heteroatoms. The minimum Gasteiger partial charge on any atom is -0.481 e. The van der Waals surface area contributed by atoms with E-state index in [1.165, 1.54) is 0 Å². The van der Waals surface area contributed by atoms with Crippen LogP contribution in [0, 0.1) is 5.41 Å². The molecule has 1 fully saturated rings. The maximum Gasteiger partial charge on any atom is 0.407 e. The van der Waals surface area contributed by atoms with E-state index in [2.05, 4.69) is 29.6 Å². The Labute approximate surface area is 206 Å². The van der Waals surface area contributed by atoms with Gasteiger partial charge < -0.3 is 20.1 Å². The van der Waals surface area contributed by atoms with Crippen molar-refractivity contribution in [1.82, 2.24) is 10.2 Å². The average molecular weight is 479 g/mol. The molecule has 0 saturated carbocycles. The monoisotopic (exact) mass is 478 g/mol. The molecule has 2 amide bonds. The molecular weight excluding hydrogens is 444 g/mol. The number of benzene rings is 2. The Balaban J connectivity index is 1.43. The van der Waals surface area contributed by atoms with Gasteiger partial charge in [0.1, 0.15) is 6.61 Å². The lowest BCUT2D eigenvalue weighted by atomic mass is 9.73. The quantitative estimate of drug-likeness (QED) is 0.596. The van der Waals surface area contributed by atoms with Crippen LogP contribution in [0.3, 0.4) is 0 Å². The largest absolute Gasteiger partial charge is 0.481 e. The van der Waals surface area contributed by atoms with Crippen molar-refractivity contribution in [3.05, 3.63) is 59.7 Å². The summed E-state index contributed by atoms with van der Waals surface area (Å²) >= 11 is 0. The third kappa shape index (κ3) is 4.64. The molecule has 0 spiro atoms. The zero-order valence-electron chi connectivity index (χ0n) is 20.8. The van der Waals surface area contributed by atoms with Crippen LogP contribution in [0.15, 0.2) is 48.5 Å². The Bertz CT molecular complexity index is 1090. The SMILES string of the molecule is CC(C)(NC(=O)OCC1c2ccccc2-c2ccccc21)C(C)(C)C(=O)N1CCC[C@H]1CC(=O)O. The lowest BCUT2D eigenvalue weighted by Crippen LogP contribution is -2.60. The van der Waals surface area contributed by atoms with Gasteiger partial charge in [0.15, 0.2) is 0 Å². The smallest absolute Gasteiger partial charge is 0.407 e. The Morgan fingerprint density at radius 2 is 1.57 bits per heavy atom. The summed E-state index contributed by atoms with van der Waals surface area (Å²) < 4.78 is 5.70. The van der Waals surface area contributed by atoms with Crippen LogP contribution < -0.4 is 5.32 Å². The molecule has 1 atom stereocenters. The van der Waals surface area contributed by atoms with Gasteiger partial charge in [0.25, 0.3) is 0 Å². The fourth-order valence-electron chi connectivity index (χ4n) is 5.19. The number of nitrogens with one attached hydrogen (secondary N) is 1. The van der Waals surface area contributed by atoms with E-state index < -0.39 is 23.0 Å². The predicted molar refractivity (Wildman–Crippen MR) is 133 cm³/mol. The molecular formula is C28H34N2O5. The van der Waals surface area contributed by atoms with Gasteiger partial charge in [-0.1, -0.05) is 48.5 Å². The maximum atomic E-state index is 13.5. The van der Waals surface area contributed by atoms with Crippen LogP contribution >= 0.6 is 0 Å². The molecule has 2 N–H and O–H groups in total. The van der Waals surface area contributed by atoms with Crippen LogP contribution in [0.1, 0.15) is 64.0 Å². The number of hydrogen-bond donors (Lipinski definition) is 2. The van der Waals surface area contributed by atoms with Crippen molar-refractivity contribution in [2.24, 2.45) is 5.41 Å². The molecule has 0 unspecified atom stereocenters. The summed E-state index contributed by atoms with van der Waals surface area (Å²) in [5.74, 6) is -1.12. The molecule has 0 aromatic heterocycles. The van der Waals surface area contributed by atoms with E-state index in [1.54, 1.807) is 32.6 Å². The van der Waals surface area contributed by atoms with E-state index in [1.807, 2.05) is 24.3 Å². The van der Waals surface area contributed by atoms with Gasteiger partial charge in [-0.3, -0.25) is 9.59 Å². The first-order valence-corrected chi connectivity index (χ1v) is 12.2. The third-order valence-electron chi connectivity index (χ3n) is 7.90. The van der Waals surface area contributed by atoms with Crippen molar-refractivity contribution in [3.8, 4) is 11.1 Å². The zero-order valence-corrected chi connectivity index (χ0v) is 20.8. The molecule has 0 bridgehead atoms. The minimum absolute atomic E-state index is 0.0488. The number of carboxylic acids is 1. The molecule has 1 saturated heterocycles. The van der Waals surface area contributed by atoms with Crippen molar-refractivity contribution in [2.45, 2.75) is 64.5 Å². The van der Waals surface area contributed by atoms with E-state index in [-0.39, 0.29) is 30.9 Å². The van der Waals surface area contributed by atoms with Gasteiger partial charge in [0.2, 0.25) is 5.91 Å². The number of carbonyl (C=O) groups excluding carboxylic acids is 2. The van der Waals surface area contributed by atoms with Gasteiger partial charge in [-0.15, -0.1) is 0 Å². The van der Waals surface area contributed by atoms with Gasteiger partial charge in [0, 0.05) is 18.5 Å². The van der Waals surface area contributed by atoms with Gasteiger partial charge in [0.05, 0.1) is 17.4 Å². The number of carbonyl (C=O) groups is 3. The highest BCUT2D eigenvalue weighted by Crippen LogP contribution is 2.44. The second kappa shape index (κ2) is 9.36. The van der Waals surface area contributed by atoms with Crippen LogP contribution in [0.25, 0.3) is 11.1 Å². The van der Waals surface area contributed by atoms with Crippen molar-refractivity contribution in [2.75, 3.05) is 13.2 Å². The van der Waals surface area contributed by atoms with E-state index in [0.717, 1.165) is 28.7 Å². The molecule has 35 heavy (non-hydrogen) atoms. The van der Waals surface area contributed by atoms with Gasteiger partial charge in [-0.25, -0.2) is 4.79 Å². The van der Waals surface area contributed by atoms with E-state index in [9.17, 15) is 19.5 Å². The second-order valence-corrected chi connectivity index (χ2v) is 10.6. The van der Waals surface area contributed by atoms with E-state index in [4.69, 9.17) is 4.74 Å². The first-order valence-electron chi connectivity index (χ1n) is 12.2. The highest BCUT2D eigenvalue weighted by atomic mass is 16.5. The summed E-state index contributed by atoms with van der Waals surface area (Å²) in [7, 11) is 0. The predicted octanol–water partition coefficient (Wildman–Crippen LogP) is 4.80. The first kappa shape index (κ1) is 24.8. The fourth-order valence-corrected chi connectivity index (χ4v) is 5.19. The van der Waals surface area contributed by atoms with Crippen LogP contribution in [-0.4, -0.2) is 52.7 Å². The topological polar surface area (TPSA) is 95.9 Å². The summed E-state index contributed by atoms with van der Waals surface area (Å²) in [5, 5.41) is 12.1. The summed E-state index contributed by atoms with van der Waals surface area (Å²) in [6.45, 7) is 7.89. The normalized spacial score (nSPS) is 17.6. The lowest BCUT2D eigenvalue weighted by molar-refractivity contribution is -0.147. The number of nitrogens with zero attached hydrogens (tertiary/aromatic N) is 1. The molecule has 186 valence electrons. The molecule has 2 aromatic rings. The first-order chi connectivity index (χ1) is 16.5. The number of rotatable bonds is 7. The number of ether oxygens (including phenoxy) is 1. The standard InChI is InChI=1S/C28H34N2O5/c1-27(2,25(33)30-15-9-10-18(30)16-24(31)32)28(3,4)29-26(34)35-17-23-21-13-7-5-11-19(21)20-12-6-8-14-22(20)23/h5-8,11-14,18,23H,9-10,15-17H2,1-4H3,(H,29,34)(H,31,32)/t18-/m0/s1. The molecule has 4 rings (SSSR count). The number of carboxylic acid groups (broad SMARTS) is 1. The summed E-state index contributed by atoms with van der Waals surface area (Å²) in [6, 6.07) is 16.0. The zero-order chi connectivity index (χ0) is 25.4. The molecule has 2 aromatic carbocycles. The van der Waals surface area contributed by atoms with Crippen molar-refractivity contribution in [3.63, 3.8) is 0 Å². The number of aliphatic carboxylic acids is 1. The maximum absolute atomic E-state index is 13.5. The highest BCUT2D eigenvalue weighted by molar-refractivity contribution is 5.85. The molecule has 1 aliphatic heterocycles. The summed E-state index contributed by atoms with van der Waals surface area (Å²) in [6.07, 6.45) is 0.803. The van der Waals surface area contributed by atoms with E-state index in [0.29, 0.717) is 13.0 Å². The Morgan fingerprint density at radius 1 is 1.00 bits per heavy atom. The van der Waals surface area contributed by atoms with Crippen molar-refractivity contribution >= 4 is 18.0 Å². The highest BCUT2D eigenvalue weighted by Gasteiger charge is 2.48. The number of amides is 2. The summed E-state index contributed by atoms with van der Waals surface area (Å²) in [5.41, 5.74) is 2.68. The molecule has 7 nitrogen and oxygen atoms in total. The van der Waals surface area contributed by atoms with Crippen LogP contribution in [0.4, 0.5) is 4.79 Å². The van der Waals surface area contributed by atoms with Crippen molar-refractivity contribution < 1.29 is 24.2 Å². The van der Waals surface area contributed by atoms with Crippen LogP contribution in [0.5, 0.6) is 0 Å². The molecule has 1 heterocycles. The third-order valence-corrected chi connectivity index (χ3v) is 7.90. The molecule has 2 aliphatic rings. The Morgan fingerprint density at radius 3 is 2.14 bits per heavy atom. The Hall–Kier alpha value is -3.35. The fraction of sp³-hybridized carbons (Fsp3) is 0.464. The number of alkyl carbamates (subject to hydrolysis) is 1. The lowest BCUT2D eigenvalue weighted by Gasteiger charge is -2.43. The average Bonchev–Trinajstić information content (AvgIpc) is 3.38. The number of fused-ring (bicyclic) bond motifs is 3. The van der Waals surface area contributed by atoms with Gasteiger partial charge in [-0.05, 0) is 62.8 Å². The number of likely N-dealkylation sites (tertiary alicyclic amines) is 1. The molecule has 0 radical (unpaired) electrons.